The molecule has 0 saturated heterocycles. The first-order valence-electron chi connectivity index (χ1n) is 6.34. The van der Waals surface area contributed by atoms with Crippen LogP contribution in [0.2, 0.25) is 0 Å². The van der Waals surface area contributed by atoms with Crippen LogP contribution >= 0.6 is 0 Å². The van der Waals surface area contributed by atoms with E-state index in [2.05, 4.69) is 13.5 Å². The zero-order valence-electron chi connectivity index (χ0n) is 10.8. The lowest BCUT2D eigenvalue weighted by molar-refractivity contribution is 0.0409. The first-order chi connectivity index (χ1) is 8.50. The fourth-order valence-corrected chi connectivity index (χ4v) is 1.97. The summed E-state index contributed by atoms with van der Waals surface area (Å²) >= 11 is 0. The highest BCUT2D eigenvalue weighted by molar-refractivity contribution is 5.29. The average molecular weight is 254 g/mol. The van der Waals surface area contributed by atoms with E-state index in [1.54, 1.807) is 0 Å². The third-order valence-electron chi connectivity index (χ3n) is 3.16. The molecular formula is C15H20F2O. The summed E-state index contributed by atoms with van der Waals surface area (Å²) in [4.78, 5) is 0. The molecule has 0 fully saturated rings. The van der Waals surface area contributed by atoms with Crippen molar-refractivity contribution in [2.45, 2.75) is 44.6 Å². The van der Waals surface area contributed by atoms with Crippen molar-refractivity contribution >= 4 is 0 Å². The van der Waals surface area contributed by atoms with Gasteiger partial charge in [-0.1, -0.05) is 44.9 Å². The molecule has 0 aliphatic carbocycles. The largest absolute Gasteiger partial charge is 0.378 e. The van der Waals surface area contributed by atoms with Gasteiger partial charge in [0.2, 0.25) is 0 Å². The number of halogens is 2. The normalized spacial score (nSPS) is 14.2. The number of hydrogen-bond donors (Lipinski definition) is 1. The third-order valence-corrected chi connectivity index (χ3v) is 3.16. The van der Waals surface area contributed by atoms with Gasteiger partial charge in [0.1, 0.15) is 17.2 Å². The lowest BCUT2D eigenvalue weighted by Crippen LogP contribution is -2.26. The topological polar surface area (TPSA) is 20.2 Å². The molecule has 18 heavy (non-hydrogen) atoms. The summed E-state index contributed by atoms with van der Waals surface area (Å²) in [6.45, 7) is 5.30. The van der Waals surface area contributed by atoms with E-state index in [1.165, 1.54) is 24.3 Å². The number of benzene rings is 1. The number of hydrogen-bond acceptors (Lipinski definition) is 1. The van der Waals surface area contributed by atoms with E-state index < -0.39 is 17.2 Å². The van der Waals surface area contributed by atoms with E-state index in [9.17, 15) is 13.9 Å². The van der Waals surface area contributed by atoms with Crippen LogP contribution < -0.4 is 0 Å². The summed E-state index contributed by atoms with van der Waals surface area (Å²) in [7, 11) is 0. The Kier molecular flexibility index (Phi) is 5.48. The van der Waals surface area contributed by atoms with Crippen molar-refractivity contribution in [1.29, 1.82) is 0 Å². The molecule has 0 aromatic heterocycles. The second-order valence-electron chi connectivity index (χ2n) is 4.58. The molecule has 3 heteroatoms. The predicted molar refractivity (Wildman–Crippen MR) is 69.3 cm³/mol. The Morgan fingerprint density at radius 2 is 1.83 bits per heavy atom. The van der Waals surface area contributed by atoms with Crippen molar-refractivity contribution in [2.24, 2.45) is 0 Å². The Morgan fingerprint density at radius 3 is 2.33 bits per heavy atom. The molecule has 1 unspecified atom stereocenters. The van der Waals surface area contributed by atoms with Crippen LogP contribution in [-0.4, -0.2) is 5.11 Å². The first kappa shape index (κ1) is 14.8. The van der Waals surface area contributed by atoms with Gasteiger partial charge >= 0.3 is 0 Å². The Bertz CT molecular complexity index is 386. The molecule has 0 bridgehead atoms. The molecule has 0 radical (unpaired) electrons. The van der Waals surface area contributed by atoms with Gasteiger partial charge in [0, 0.05) is 0 Å². The molecule has 1 rings (SSSR count). The van der Waals surface area contributed by atoms with E-state index in [1.807, 2.05) is 0 Å². The van der Waals surface area contributed by atoms with E-state index in [-0.39, 0.29) is 6.42 Å². The van der Waals surface area contributed by atoms with Crippen molar-refractivity contribution in [3.63, 3.8) is 0 Å². The van der Waals surface area contributed by atoms with Crippen molar-refractivity contribution in [1.82, 2.24) is 0 Å². The highest BCUT2D eigenvalue weighted by Gasteiger charge is 2.32. The van der Waals surface area contributed by atoms with E-state index in [0.29, 0.717) is 12.0 Å². The molecule has 1 nitrogen and oxygen atoms in total. The van der Waals surface area contributed by atoms with Gasteiger partial charge in [0.25, 0.3) is 0 Å². The molecule has 1 aromatic carbocycles. The van der Waals surface area contributed by atoms with Crippen LogP contribution in [0.25, 0.3) is 0 Å². The highest BCUT2D eigenvalue weighted by atomic mass is 19.1. The summed E-state index contributed by atoms with van der Waals surface area (Å²) in [5.41, 5.74) is -1.34. The quantitative estimate of drug-likeness (QED) is 0.712. The molecule has 0 spiro atoms. The zero-order valence-corrected chi connectivity index (χ0v) is 10.8. The summed E-state index contributed by atoms with van der Waals surface area (Å²) in [5.74, 6) is -1.19. The Morgan fingerprint density at radius 1 is 1.22 bits per heavy atom. The van der Waals surface area contributed by atoms with E-state index >= 15 is 0 Å². The minimum atomic E-state index is -1.69. The van der Waals surface area contributed by atoms with Crippen LogP contribution in [0.15, 0.2) is 36.7 Å². The molecule has 1 N–H and O–H groups in total. The summed E-state index contributed by atoms with van der Waals surface area (Å²) < 4.78 is 26.3. The number of rotatable bonds is 7. The molecule has 1 aromatic rings. The second-order valence-corrected chi connectivity index (χ2v) is 4.58. The minimum absolute atomic E-state index is 0.272. The number of unbranched alkanes of at least 4 members (excludes halogenated alkanes) is 3. The number of aliphatic hydroxyl groups is 1. The van der Waals surface area contributed by atoms with Crippen molar-refractivity contribution in [2.75, 3.05) is 0 Å². The van der Waals surface area contributed by atoms with Gasteiger partial charge in [-0.05, 0) is 30.5 Å². The van der Waals surface area contributed by atoms with Gasteiger partial charge < -0.3 is 5.11 Å². The maximum absolute atomic E-state index is 13.5. The van der Waals surface area contributed by atoms with Crippen LogP contribution in [0, 0.1) is 5.82 Å². The van der Waals surface area contributed by atoms with Gasteiger partial charge in [-0.3, -0.25) is 0 Å². The maximum atomic E-state index is 13.5. The van der Waals surface area contributed by atoms with Crippen LogP contribution in [0.3, 0.4) is 0 Å². The molecule has 0 aliphatic rings. The van der Waals surface area contributed by atoms with Gasteiger partial charge in [-0.2, -0.15) is 0 Å². The summed E-state index contributed by atoms with van der Waals surface area (Å²) in [6, 6.07) is 5.24. The van der Waals surface area contributed by atoms with Gasteiger partial charge in [0.15, 0.2) is 0 Å². The van der Waals surface area contributed by atoms with Gasteiger partial charge in [-0.15, -0.1) is 0 Å². The van der Waals surface area contributed by atoms with E-state index in [4.69, 9.17) is 0 Å². The summed E-state index contributed by atoms with van der Waals surface area (Å²) in [5, 5.41) is 10.4. The monoisotopic (exact) mass is 254 g/mol. The second kappa shape index (κ2) is 6.64. The van der Waals surface area contributed by atoms with Crippen LogP contribution in [-0.2, 0) is 5.60 Å². The molecule has 1 atom stereocenters. The lowest BCUT2D eigenvalue weighted by atomic mass is 9.87. The van der Waals surface area contributed by atoms with Crippen molar-refractivity contribution in [3.05, 3.63) is 48.1 Å². The summed E-state index contributed by atoms with van der Waals surface area (Å²) in [6.07, 6.45) is 4.05. The van der Waals surface area contributed by atoms with Crippen molar-refractivity contribution in [3.8, 4) is 0 Å². The van der Waals surface area contributed by atoms with Gasteiger partial charge in [0.05, 0.1) is 0 Å². The fourth-order valence-electron chi connectivity index (χ4n) is 1.97. The first-order valence-corrected chi connectivity index (χ1v) is 6.34. The lowest BCUT2D eigenvalue weighted by Gasteiger charge is -2.26. The Labute approximate surface area is 107 Å². The Hall–Kier alpha value is -1.22. The Balaban J connectivity index is 2.79. The maximum Gasteiger partial charge on any atom is 0.140 e. The molecule has 0 saturated carbocycles. The molecule has 0 amide bonds. The molecule has 0 aliphatic heterocycles. The SMILES string of the molecule is C=C(F)C(O)(CCCCCC)c1ccc(F)cc1. The predicted octanol–water partition coefficient (Wildman–Crippen LogP) is 4.47. The molecule has 100 valence electrons. The van der Waals surface area contributed by atoms with Crippen molar-refractivity contribution < 1.29 is 13.9 Å². The van der Waals surface area contributed by atoms with Gasteiger partial charge in [-0.25, -0.2) is 8.78 Å². The standard InChI is InChI=1S/C15H20F2O/c1-3-4-5-6-11-15(18,12(2)16)13-7-9-14(17)10-8-13/h7-10,18H,2-6,11H2,1H3. The smallest absolute Gasteiger partial charge is 0.140 e. The average Bonchev–Trinajstić information content (AvgIpc) is 2.35. The molecular weight excluding hydrogens is 234 g/mol. The highest BCUT2D eigenvalue weighted by Crippen LogP contribution is 2.34. The third kappa shape index (κ3) is 3.64. The fraction of sp³-hybridized carbons (Fsp3) is 0.467. The zero-order chi connectivity index (χ0) is 13.6. The van der Waals surface area contributed by atoms with Crippen LogP contribution in [0.5, 0.6) is 0 Å². The van der Waals surface area contributed by atoms with E-state index in [0.717, 1.165) is 19.3 Å². The molecule has 0 heterocycles. The minimum Gasteiger partial charge on any atom is -0.378 e. The van der Waals surface area contributed by atoms with Crippen LogP contribution in [0.1, 0.15) is 44.6 Å². The van der Waals surface area contributed by atoms with Crippen LogP contribution in [0.4, 0.5) is 8.78 Å².